The van der Waals surface area contributed by atoms with Gasteiger partial charge in [-0.3, -0.25) is 14.4 Å². The van der Waals surface area contributed by atoms with Crippen molar-refractivity contribution in [1.82, 2.24) is 16.0 Å². The van der Waals surface area contributed by atoms with Gasteiger partial charge >= 0.3 is 5.97 Å². The number of aromatic hydroxyl groups is 1. The number of hydrogen-bond acceptors (Lipinski definition) is 8. The molecule has 0 aliphatic carbocycles. The van der Waals surface area contributed by atoms with Crippen LogP contribution in [-0.4, -0.2) is 81.5 Å². The number of hydrogen-bond donors (Lipinski definition) is 8. The van der Waals surface area contributed by atoms with Crippen LogP contribution in [0.25, 0.3) is 0 Å². The number of benzene rings is 1. The van der Waals surface area contributed by atoms with E-state index in [1.54, 1.807) is 12.1 Å². The summed E-state index contributed by atoms with van der Waals surface area (Å²) in [6, 6.07) is 2.00. The molecule has 1 aromatic rings. The predicted octanol–water partition coefficient (Wildman–Crippen LogP) is -3.19. The molecule has 0 radical (unpaired) electrons. The number of nitrogens with two attached hydrogens (primary N) is 1. The maximum Gasteiger partial charge on any atom is 0.328 e. The van der Waals surface area contributed by atoms with Crippen molar-refractivity contribution in [3.63, 3.8) is 0 Å². The zero-order valence-electron chi connectivity index (χ0n) is 16.2. The Kier molecular flexibility index (Phi) is 9.68. The first-order chi connectivity index (χ1) is 14.0. The summed E-state index contributed by atoms with van der Waals surface area (Å²) in [5, 5.41) is 43.3. The van der Waals surface area contributed by atoms with E-state index in [1.165, 1.54) is 12.1 Å². The summed E-state index contributed by atoms with van der Waals surface area (Å²) < 4.78 is 0. The Labute approximate surface area is 172 Å². The number of aliphatic carboxylic acids is 1. The zero-order valence-corrected chi connectivity index (χ0v) is 16.2. The van der Waals surface area contributed by atoms with E-state index in [-0.39, 0.29) is 12.2 Å². The molecule has 0 heterocycles. The number of carboxylic acids is 1. The maximum absolute atomic E-state index is 12.0. The van der Waals surface area contributed by atoms with Crippen LogP contribution in [0.1, 0.15) is 12.5 Å². The number of aliphatic hydroxyl groups excluding tert-OH is 2. The van der Waals surface area contributed by atoms with Crippen LogP contribution in [0, 0.1) is 0 Å². The third-order valence-corrected chi connectivity index (χ3v) is 4.03. The fourth-order valence-electron chi connectivity index (χ4n) is 2.36. The Morgan fingerprint density at radius 1 is 1.07 bits per heavy atom. The number of nitrogens with one attached hydrogen (secondary N) is 3. The summed E-state index contributed by atoms with van der Waals surface area (Å²) in [6.07, 6.45) is -1.25. The lowest BCUT2D eigenvalue weighted by molar-refractivity contribution is -0.145. The Bertz CT molecular complexity index is 753. The van der Waals surface area contributed by atoms with E-state index in [0.29, 0.717) is 5.56 Å². The predicted molar refractivity (Wildman–Crippen MR) is 103 cm³/mol. The molecule has 0 aliphatic rings. The molecule has 1 rings (SSSR count). The standard InChI is InChI=1S/C18H26N4O8/c1-9(24)15(18(29)30)22-17(28)13(8-23)21-14(26)7-20-16(27)12(19)6-10-2-4-11(25)5-3-10/h2-5,9,12-13,15,23-25H,6-8,19H2,1H3,(H,20,27)(H,21,26)(H,22,28)(H,29,30). The lowest BCUT2D eigenvalue weighted by atomic mass is 10.1. The van der Waals surface area contributed by atoms with Crippen LogP contribution < -0.4 is 21.7 Å². The van der Waals surface area contributed by atoms with Crippen LogP contribution in [0.3, 0.4) is 0 Å². The van der Waals surface area contributed by atoms with Gasteiger partial charge < -0.3 is 42.1 Å². The third kappa shape index (κ3) is 8.03. The number of carbonyl (C=O) groups excluding carboxylic acids is 3. The van der Waals surface area contributed by atoms with Crippen LogP contribution in [0.5, 0.6) is 5.75 Å². The Morgan fingerprint density at radius 2 is 1.67 bits per heavy atom. The van der Waals surface area contributed by atoms with Gasteiger partial charge in [0, 0.05) is 0 Å². The van der Waals surface area contributed by atoms with Crippen LogP contribution >= 0.6 is 0 Å². The highest BCUT2D eigenvalue weighted by Gasteiger charge is 2.29. The number of rotatable bonds is 11. The summed E-state index contributed by atoms with van der Waals surface area (Å²) in [4.78, 5) is 47.0. The Morgan fingerprint density at radius 3 is 2.17 bits per heavy atom. The summed E-state index contributed by atoms with van der Waals surface area (Å²) in [5.41, 5.74) is 6.47. The molecule has 9 N–H and O–H groups in total. The van der Waals surface area contributed by atoms with Gasteiger partial charge in [0.05, 0.1) is 25.3 Å². The second-order valence-corrected chi connectivity index (χ2v) is 6.56. The minimum Gasteiger partial charge on any atom is -0.508 e. The molecular weight excluding hydrogens is 400 g/mol. The highest BCUT2D eigenvalue weighted by molar-refractivity contribution is 5.92. The molecule has 12 nitrogen and oxygen atoms in total. The quantitative estimate of drug-likeness (QED) is 0.179. The third-order valence-electron chi connectivity index (χ3n) is 4.03. The average molecular weight is 426 g/mol. The van der Waals surface area contributed by atoms with Crippen LogP contribution in [-0.2, 0) is 25.6 Å². The molecule has 0 bridgehead atoms. The van der Waals surface area contributed by atoms with E-state index < -0.39 is 61.1 Å². The molecular formula is C18H26N4O8. The van der Waals surface area contributed by atoms with E-state index in [1.807, 2.05) is 5.32 Å². The number of amides is 3. The van der Waals surface area contributed by atoms with E-state index in [9.17, 15) is 34.5 Å². The summed E-state index contributed by atoms with van der Waals surface area (Å²) in [7, 11) is 0. The van der Waals surface area contributed by atoms with Gasteiger partial charge in [-0.15, -0.1) is 0 Å². The average Bonchev–Trinajstić information content (AvgIpc) is 2.69. The van der Waals surface area contributed by atoms with Crippen molar-refractivity contribution in [2.75, 3.05) is 13.2 Å². The van der Waals surface area contributed by atoms with Crippen molar-refractivity contribution in [3.8, 4) is 5.75 Å². The minimum absolute atomic E-state index is 0.0686. The smallest absolute Gasteiger partial charge is 0.328 e. The first kappa shape index (κ1) is 24.8. The molecule has 166 valence electrons. The Balaban J connectivity index is 2.52. The van der Waals surface area contributed by atoms with Gasteiger partial charge in [0.2, 0.25) is 17.7 Å². The second kappa shape index (κ2) is 11.7. The monoisotopic (exact) mass is 426 g/mol. The lowest BCUT2D eigenvalue weighted by Crippen LogP contribution is -2.57. The molecule has 0 fully saturated rings. The number of aliphatic hydroxyl groups is 2. The first-order valence-corrected chi connectivity index (χ1v) is 8.97. The Hall–Kier alpha value is -3.22. The van der Waals surface area contributed by atoms with Crippen molar-refractivity contribution < 1.29 is 39.6 Å². The molecule has 0 aliphatic heterocycles. The molecule has 0 saturated heterocycles. The fourth-order valence-corrected chi connectivity index (χ4v) is 2.36. The van der Waals surface area contributed by atoms with Gasteiger partial charge in [0.25, 0.3) is 0 Å². The van der Waals surface area contributed by atoms with Gasteiger partial charge in [0.15, 0.2) is 6.04 Å². The largest absolute Gasteiger partial charge is 0.508 e. The van der Waals surface area contributed by atoms with Crippen LogP contribution in [0.2, 0.25) is 0 Å². The fraction of sp³-hybridized carbons (Fsp3) is 0.444. The van der Waals surface area contributed by atoms with Crippen molar-refractivity contribution in [1.29, 1.82) is 0 Å². The molecule has 0 aromatic heterocycles. The van der Waals surface area contributed by atoms with Crippen molar-refractivity contribution in [2.45, 2.75) is 37.6 Å². The first-order valence-electron chi connectivity index (χ1n) is 8.97. The molecule has 12 heteroatoms. The lowest BCUT2D eigenvalue weighted by Gasteiger charge is -2.21. The zero-order chi connectivity index (χ0) is 22.8. The molecule has 30 heavy (non-hydrogen) atoms. The van der Waals surface area contributed by atoms with E-state index >= 15 is 0 Å². The van der Waals surface area contributed by atoms with Gasteiger partial charge in [0.1, 0.15) is 11.8 Å². The highest BCUT2D eigenvalue weighted by atomic mass is 16.4. The van der Waals surface area contributed by atoms with Gasteiger partial charge in [-0.1, -0.05) is 12.1 Å². The van der Waals surface area contributed by atoms with Crippen molar-refractivity contribution >= 4 is 23.7 Å². The highest BCUT2D eigenvalue weighted by Crippen LogP contribution is 2.10. The molecule has 4 atom stereocenters. The van der Waals surface area contributed by atoms with Gasteiger partial charge in [-0.2, -0.15) is 0 Å². The number of phenols is 1. The molecule has 4 unspecified atom stereocenters. The van der Waals surface area contributed by atoms with E-state index in [2.05, 4.69) is 10.6 Å². The van der Waals surface area contributed by atoms with Crippen LogP contribution in [0.15, 0.2) is 24.3 Å². The normalized spacial score (nSPS) is 14.7. The van der Waals surface area contributed by atoms with Crippen molar-refractivity contribution in [2.24, 2.45) is 5.73 Å². The van der Waals surface area contributed by atoms with Gasteiger partial charge in [-0.25, -0.2) is 4.79 Å². The van der Waals surface area contributed by atoms with Crippen molar-refractivity contribution in [3.05, 3.63) is 29.8 Å². The summed E-state index contributed by atoms with van der Waals surface area (Å²) in [6.45, 7) is -0.217. The summed E-state index contributed by atoms with van der Waals surface area (Å²) >= 11 is 0. The van der Waals surface area contributed by atoms with Crippen LogP contribution in [0.4, 0.5) is 0 Å². The molecule has 0 spiro atoms. The SMILES string of the molecule is CC(O)C(NC(=O)C(CO)NC(=O)CNC(=O)C(N)Cc1ccc(O)cc1)C(=O)O. The minimum atomic E-state index is -1.62. The van der Waals surface area contributed by atoms with E-state index in [4.69, 9.17) is 10.8 Å². The number of carboxylic acid groups (broad SMARTS) is 1. The second-order valence-electron chi connectivity index (χ2n) is 6.56. The topological polar surface area (TPSA) is 211 Å². The summed E-state index contributed by atoms with van der Waals surface area (Å²) in [5.74, 6) is -3.90. The number of phenolic OH excluding ortho intramolecular Hbond substituents is 1. The molecule has 3 amide bonds. The maximum atomic E-state index is 12.0. The number of carbonyl (C=O) groups is 4. The molecule has 1 aromatic carbocycles. The molecule has 0 saturated carbocycles. The van der Waals surface area contributed by atoms with E-state index in [0.717, 1.165) is 6.92 Å². The van der Waals surface area contributed by atoms with Gasteiger partial charge in [-0.05, 0) is 31.0 Å².